The van der Waals surface area contributed by atoms with E-state index in [2.05, 4.69) is 19.1 Å². The number of hydrogen-bond acceptors (Lipinski definition) is 12. The van der Waals surface area contributed by atoms with Crippen LogP contribution in [-0.4, -0.2) is 91.8 Å². The summed E-state index contributed by atoms with van der Waals surface area (Å²) in [5.74, 6) is 2.47. The Morgan fingerprint density at radius 1 is 0.605 bits per heavy atom. The molecule has 0 atom stereocenters. The third-order valence-electron chi connectivity index (χ3n) is 5.23. The first-order valence-corrected chi connectivity index (χ1v) is 18.2. The molecule has 1 saturated heterocycles. The Morgan fingerprint density at radius 2 is 1.03 bits per heavy atom. The molecule has 3 aliphatic rings. The second-order valence-electron chi connectivity index (χ2n) is 8.20. The van der Waals surface area contributed by atoms with E-state index in [1.54, 1.807) is 14.2 Å². The van der Waals surface area contributed by atoms with E-state index in [0.29, 0.717) is 72.0 Å². The van der Waals surface area contributed by atoms with Crippen molar-refractivity contribution >= 4 is 70.6 Å². The highest BCUT2D eigenvalue weighted by Gasteiger charge is 2.32. The highest BCUT2D eigenvalue weighted by atomic mass is 32.3. The standard InChI is InChI=1S/C26H40O6S6/c1-4-5-20-18-21-22(19-20)36-25(35-21)26-37-23(33-16-14-31-12-10-29-8-6-27-2)24(38-26)34-17-15-32-13-11-30-9-7-28-3/h18-20H,4-17H2,1-3H3. The SMILES string of the molecule is CCCC1C=C2SC(=C3SC(SCCOCCOCCOC)=C(SCCOCCOCCOC)S3)SC2=C1. The van der Waals surface area contributed by atoms with Crippen LogP contribution in [-0.2, 0) is 28.4 Å². The fourth-order valence-electron chi connectivity index (χ4n) is 3.42. The van der Waals surface area contributed by atoms with Crippen LogP contribution in [0.5, 0.6) is 0 Å². The summed E-state index contributed by atoms with van der Waals surface area (Å²) in [6, 6.07) is 0. The summed E-state index contributed by atoms with van der Waals surface area (Å²) in [6.45, 7) is 8.60. The Balaban J connectivity index is 1.43. The van der Waals surface area contributed by atoms with E-state index in [4.69, 9.17) is 28.4 Å². The number of ether oxygens (including phenoxy) is 6. The minimum Gasteiger partial charge on any atom is -0.382 e. The van der Waals surface area contributed by atoms with Gasteiger partial charge in [0, 0.05) is 35.5 Å². The minimum absolute atomic E-state index is 0.607. The summed E-state index contributed by atoms with van der Waals surface area (Å²) >= 11 is 11.5. The Kier molecular flexibility index (Phi) is 18.1. The summed E-state index contributed by atoms with van der Waals surface area (Å²) in [5, 5.41) is 0. The molecule has 0 aromatic heterocycles. The van der Waals surface area contributed by atoms with Crippen molar-refractivity contribution < 1.29 is 28.4 Å². The molecule has 1 aliphatic carbocycles. The van der Waals surface area contributed by atoms with E-state index < -0.39 is 0 Å². The van der Waals surface area contributed by atoms with Crippen LogP contribution >= 0.6 is 70.6 Å². The summed E-state index contributed by atoms with van der Waals surface area (Å²) in [7, 11) is 3.36. The number of allylic oxidation sites excluding steroid dienone is 2. The first-order valence-electron chi connectivity index (χ1n) is 12.9. The van der Waals surface area contributed by atoms with Gasteiger partial charge in [-0.1, -0.05) is 72.5 Å². The molecular formula is C26H40O6S6. The van der Waals surface area contributed by atoms with Crippen LogP contribution in [0.3, 0.4) is 0 Å². The molecule has 1 fully saturated rings. The maximum absolute atomic E-state index is 5.77. The lowest BCUT2D eigenvalue weighted by molar-refractivity contribution is 0.0286. The van der Waals surface area contributed by atoms with Crippen molar-refractivity contribution in [1.29, 1.82) is 0 Å². The predicted molar refractivity (Wildman–Crippen MR) is 171 cm³/mol. The number of hydrogen-bond donors (Lipinski definition) is 0. The molecule has 0 spiro atoms. The van der Waals surface area contributed by atoms with Gasteiger partial charge in [0.25, 0.3) is 0 Å². The lowest BCUT2D eigenvalue weighted by Gasteiger charge is -2.07. The Labute approximate surface area is 254 Å². The molecule has 0 aromatic carbocycles. The van der Waals surface area contributed by atoms with E-state index in [0.717, 1.165) is 11.5 Å². The summed E-state index contributed by atoms with van der Waals surface area (Å²) in [5.41, 5.74) is 0. The molecular weight excluding hydrogens is 601 g/mol. The maximum atomic E-state index is 5.77. The Morgan fingerprint density at radius 3 is 1.47 bits per heavy atom. The lowest BCUT2D eigenvalue weighted by Crippen LogP contribution is -2.09. The largest absolute Gasteiger partial charge is 0.382 e. The van der Waals surface area contributed by atoms with Crippen molar-refractivity contribution in [2.24, 2.45) is 5.92 Å². The van der Waals surface area contributed by atoms with E-state index >= 15 is 0 Å². The monoisotopic (exact) mass is 640 g/mol. The molecule has 0 bridgehead atoms. The Bertz CT molecular complexity index is 771. The maximum Gasteiger partial charge on any atom is 0.0717 e. The van der Waals surface area contributed by atoms with E-state index in [9.17, 15) is 0 Å². The fourth-order valence-corrected chi connectivity index (χ4v) is 12.1. The normalized spacial score (nSPS) is 17.7. The van der Waals surface area contributed by atoms with Crippen LogP contribution in [0.2, 0.25) is 0 Å². The first kappa shape index (κ1) is 33.3. The number of thioether (sulfide) groups is 6. The molecule has 12 heteroatoms. The van der Waals surface area contributed by atoms with E-state index in [1.807, 2.05) is 70.6 Å². The molecule has 6 nitrogen and oxygen atoms in total. The zero-order chi connectivity index (χ0) is 26.8. The zero-order valence-corrected chi connectivity index (χ0v) is 27.4. The molecule has 2 aliphatic heterocycles. The van der Waals surface area contributed by atoms with E-state index in [1.165, 1.54) is 39.6 Å². The van der Waals surface area contributed by atoms with Crippen LogP contribution in [0.15, 0.2) is 38.9 Å². The van der Waals surface area contributed by atoms with Crippen LogP contribution < -0.4 is 0 Å². The fraction of sp³-hybridized carbons (Fsp3) is 0.692. The van der Waals surface area contributed by atoms with Gasteiger partial charge in [-0.3, -0.25) is 0 Å². The predicted octanol–water partition coefficient (Wildman–Crippen LogP) is 7.22. The smallest absolute Gasteiger partial charge is 0.0717 e. The van der Waals surface area contributed by atoms with Gasteiger partial charge in [0.05, 0.1) is 83.0 Å². The average Bonchev–Trinajstić information content (AvgIpc) is 3.60. The highest BCUT2D eigenvalue weighted by Crippen LogP contribution is 2.65. The van der Waals surface area contributed by atoms with Crippen molar-refractivity contribution in [2.45, 2.75) is 19.8 Å². The Hall–Kier alpha value is 0.820. The van der Waals surface area contributed by atoms with Crippen molar-refractivity contribution in [3.63, 3.8) is 0 Å². The summed E-state index contributed by atoms with van der Waals surface area (Å²) < 4.78 is 38.1. The van der Waals surface area contributed by atoms with Crippen LogP contribution in [0, 0.1) is 5.92 Å². The van der Waals surface area contributed by atoms with Gasteiger partial charge in [0.1, 0.15) is 0 Å². The lowest BCUT2D eigenvalue weighted by atomic mass is 10.1. The summed E-state index contributed by atoms with van der Waals surface area (Å²) in [6.07, 6.45) is 7.39. The number of fused-ring (bicyclic) bond motifs is 1. The van der Waals surface area contributed by atoms with Crippen molar-refractivity contribution in [3.05, 3.63) is 38.9 Å². The van der Waals surface area contributed by atoms with Crippen molar-refractivity contribution in [2.75, 3.05) is 91.8 Å². The first-order chi connectivity index (χ1) is 18.7. The van der Waals surface area contributed by atoms with Crippen molar-refractivity contribution in [1.82, 2.24) is 0 Å². The van der Waals surface area contributed by atoms with Crippen LogP contribution in [0.1, 0.15) is 19.8 Å². The second-order valence-corrected chi connectivity index (χ2v) is 15.6. The van der Waals surface area contributed by atoms with Gasteiger partial charge in [-0.2, -0.15) is 0 Å². The van der Waals surface area contributed by atoms with Gasteiger partial charge in [-0.15, -0.1) is 23.5 Å². The number of rotatable bonds is 22. The third kappa shape index (κ3) is 12.4. The molecule has 0 saturated carbocycles. The molecule has 3 rings (SSSR count). The topological polar surface area (TPSA) is 55.4 Å². The quantitative estimate of drug-likeness (QED) is 0.112. The summed E-state index contributed by atoms with van der Waals surface area (Å²) in [4.78, 5) is 2.91. The third-order valence-corrected chi connectivity index (χ3v) is 13.8. The number of methoxy groups -OCH3 is 2. The average molecular weight is 641 g/mol. The van der Waals surface area contributed by atoms with Crippen LogP contribution in [0.25, 0.3) is 0 Å². The molecule has 216 valence electrons. The van der Waals surface area contributed by atoms with Gasteiger partial charge in [-0.25, -0.2) is 0 Å². The van der Waals surface area contributed by atoms with Gasteiger partial charge >= 0.3 is 0 Å². The van der Waals surface area contributed by atoms with Crippen LogP contribution in [0.4, 0.5) is 0 Å². The van der Waals surface area contributed by atoms with Crippen molar-refractivity contribution in [3.8, 4) is 0 Å². The molecule has 0 N–H and O–H groups in total. The van der Waals surface area contributed by atoms with E-state index in [-0.39, 0.29) is 0 Å². The second kappa shape index (κ2) is 20.7. The molecule has 0 amide bonds. The highest BCUT2D eigenvalue weighted by molar-refractivity contribution is 8.42. The molecule has 0 unspecified atom stereocenters. The molecule has 2 heterocycles. The van der Waals surface area contributed by atoms with Gasteiger partial charge < -0.3 is 28.4 Å². The minimum atomic E-state index is 0.607. The zero-order valence-electron chi connectivity index (χ0n) is 22.5. The van der Waals surface area contributed by atoms with Gasteiger partial charge in [0.15, 0.2) is 0 Å². The molecule has 0 aromatic rings. The molecule has 38 heavy (non-hydrogen) atoms. The van der Waals surface area contributed by atoms with Gasteiger partial charge in [-0.05, 0) is 12.3 Å². The van der Waals surface area contributed by atoms with Gasteiger partial charge in [0.2, 0.25) is 0 Å². The molecule has 0 radical (unpaired) electrons.